The summed E-state index contributed by atoms with van der Waals surface area (Å²) in [5.41, 5.74) is 4.40. The summed E-state index contributed by atoms with van der Waals surface area (Å²) in [6.45, 7) is 5.92. The van der Waals surface area contributed by atoms with Crippen molar-refractivity contribution in [2.75, 3.05) is 18.4 Å². The van der Waals surface area contributed by atoms with Gasteiger partial charge in [0.2, 0.25) is 0 Å². The van der Waals surface area contributed by atoms with Crippen LogP contribution >= 0.6 is 11.3 Å². The van der Waals surface area contributed by atoms with Crippen LogP contribution in [-0.4, -0.2) is 24.0 Å². The van der Waals surface area contributed by atoms with Crippen LogP contribution in [0.15, 0.2) is 42.6 Å². The molecule has 0 atom stereocenters. The summed E-state index contributed by atoms with van der Waals surface area (Å²) in [4.78, 5) is 17.4. The molecule has 0 bridgehead atoms. The zero-order valence-electron chi connectivity index (χ0n) is 13.9. The minimum Gasteiger partial charge on any atom is -0.321 e. The number of nitrogens with one attached hydrogen (secondary N) is 2. The van der Waals surface area contributed by atoms with Crippen LogP contribution in [-0.2, 0) is 0 Å². The Balaban J connectivity index is 1.69. The van der Waals surface area contributed by atoms with Gasteiger partial charge in [-0.3, -0.25) is 4.79 Å². The van der Waals surface area contributed by atoms with E-state index in [1.807, 2.05) is 31.2 Å². The minimum absolute atomic E-state index is 0.108. The van der Waals surface area contributed by atoms with Crippen molar-refractivity contribution in [3.05, 3.63) is 58.1 Å². The van der Waals surface area contributed by atoms with Gasteiger partial charge in [-0.15, -0.1) is 11.3 Å². The molecule has 1 amide bonds. The van der Waals surface area contributed by atoms with E-state index in [4.69, 9.17) is 0 Å². The number of hydrogen-bond donors (Lipinski definition) is 2. The van der Waals surface area contributed by atoms with Gasteiger partial charge in [0.15, 0.2) is 0 Å². The van der Waals surface area contributed by atoms with Gasteiger partial charge < -0.3 is 10.6 Å². The van der Waals surface area contributed by atoms with Crippen molar-refractivity contribution in [1.82, 2.24) is 10.3 Å². The molecule has 2 heterocycles. The lowest BCUT2D eigenvalue weighted by atomic mass is 10.1. The molecule has 24 heavy (non-hydrogen) atoms. The Morgan fingerprint density at radius 2 is 2.12 bits per heavy atom. The number of allylic oxidation sites excluding steroid dienone is 2. The Hall–Kier alpha value is -2.24. The van der Waals surface area contributed by atoms with Gasteiger partial charge in [0, 0.05) is 12.2 Å². The van der Waals surface area contributed by atoms with E-state index < -0.39 is 0 Å². The average Bonchev–Trinajstić information content (AvgIpc) is 3.13. The molecule has 5 heteroatoms. The Kier molecular flexibility index (Phi) is 5.23. The molecule has 4 nitrogen and oxygen atoms in total. The monoisotopic (exact) mass is 339 g/mol. The summed E-state index contributed by atoms with van der Waals surface area (Å²) in [6, 6.07) is 7.89. The summed E-state index contributed by atoms with van der Waals surface area (Å²) in [7, 11) is 0. The van der Waals surface area contributed by atoms with E-state index >= 15 is 0 Å². The van der Waals surface area contributed by atoms with Crippen molar-refractivity contribution in [3.63, 3.8) is 0 Å². The molecule has 1 aromatic carbocycles. The number of nitrogens with zero attached hydrogens (tertiary/aromatic N) is 1. The first-order valence-electron chi connectivity index (χ1n) is 8.08. The first kappa shape index (κ1) is 16.6. The third-order valence-corrected chi connectivity index (χ3v) is 5.17. The summed E-state index contributed by atoms with van der Waals surface area (Å²) < 4.78 is 0. The number of rotatable bonds is 4. The van der Waals surface area contributed by atoms with Crippen LogP contribution in [0.2, 0.25) is 0 Å². The van der Waals surface area contributed by atoms with Crippen LogP contribution < -0.4 is 10.6 Å². The van der Waals surface area contributed by atoms with Crippen molar-refractivity contribution >= 4 is 34.1 Å². The van der Waals surface area contributed by atoms with Gasteiger partial charge in [0.05, 0.1) is 6.20 Å². The molecule has 0 saturated carbocycles. The lowest BCUT2D eigenvalue weighted by Gasteiger charge is -2.11. The second kappa shape index (κ2) is 7.55. The molecule has 1 aliphatic rings. The molecule has 0 saturated heterocycles. The summed E-state index contributed by atoms with van der Waals surface area (Å²) >= 11 is 1.45. The van der Waals surface area contributed by atoms with Crippen LogP contribution in [0.5, 0.6) is 0 Å². The zero-order chi connectivity index (χ0) is 16.9. The highest BCUT2D eigenvalue weighted by atomic mass is 32.1. The Morgan fingerprint density at radius 3 is 2.79 bits per heavy atom. The quantitative estimate of drug-likeness (QED) is 0.878. The van der Waals surface area contributed by atoms with Crippen LogP contribution in [0.1, 0.15) is 40.5 Å². The van der Waals surface area contributed by atoms with Crippen molar-refractivity contribution < 1.29 is 4.79 Å². The first-order chi connectivity index (χ1) is 11.7. The molecule has 0 spiro atoms. The minimum atomic E-state index is -0.108. The first-order valence-corrected chi connectivity index (χ1v) is 8.89. The fourth-order valence-corrected chi connectivity index (χ4v) is 3.40. The summed E-state index contributed by atoms with van der Waals surface area (Å²) in [5, 5.41) is 7.16. The predicted molar refractivity (Wildman–Crippen MR) is 101 cm³/mol. The number of thiazole rings is 1. The average molecular weight is 339 g/mol. The normalized spacial score (nSPS) is 15.1. The molecular formula is C19H21N3OS. The van der Waals surface area contributed by atoms with E-state index in [0.29, 0.717) is 4.88 Å². The number of benzene rings is 1. The van der Waals surface area contributed by atoms with E-state index in [2.05, 4.69) is 34.7 Å². The Labute approximate surface area is 146 Å². The maximum atomic E-state index is 12.4. The lowest BCUT2D eigenvalue weighted by Crippen LogP contribution is -2.19. The molecule has 124 valence electrons. The van der Waals surface area contributed by atoms with Crippen molar-refractivity contribution in [2.45, 2.75) is 20.3 Å². The lowest BCUT2D eigenvalue weighted by molar-refractivity contribution is 0.103. The Bertz CT molecular complexity index is 787. The largest absolute Gasteiger partial charge is 0.321 e. The summed E-state index contributed by atoms with van der Waals surface area (Å²) in [6.07, 6.45) is 6.84. The van der Waals surface area contributed by atoms with Crippen LogP contribution in [0.3, 0.4) is 0 Å². The maximum Gasteiger partial charge on any atom is 0.267 e. The highest BCUT2D eigenvalue weighted by Gasteiger charge is 2.14. The number of carbonyl (C=O) groups excluding carboxylic acids is 1. The van der Waals surface area contributed by atoms with E-state index in [1.54, 1.807) is 6.20 Å². The van der Waals surface area contributed by atoms with E-state index in [9.17, 15) is 4.79 Å². The van der Waals surface area contributed by atoms with Gasteiger partial charge in [0.1, 0.15) is 9.88 Å². The number of anilines is 1. The Morgan fingerprint density at radius 1 is 1.33 bits per heavy atom. The standard InChI is InChI=1S/C19H21N3OS/c1-3-13(2)14-4-6-16(7-5-14)22-18(23)17-12-21-19(24-17)15-8-10-20-11-9-15/h3-8,12,20H,9-11H2,1-2H3,(H,22,23)/b13-3+. The number of aromatic nitrogens is 1. The number of carbonyl (C=O) groups is 1. The predicted octanol–water partition coefficient (Wildman–Crippen LogP) is 4.20. The third kappa shape index (κ3) is 3.80. The van der Waals surface area contributed by atoms with Gasteiger partial charge in [-0.05, 0) is 55.7 Å². The molecule has 2 aromatic rings. The molecule has 3 rings (SSSR count). The zero-order valence-corrected chi connectivity index (χ0v) is 14.7. The smallest absolute Gasteiger partial charge is 0.267 e. The van der Waals surface area contributed by atoms with Gasteiger partial charge in [-0.25, -0.2) is 4.98 Å². The fourth-order valence-electron chi connectivity index (χ4n) is 2.52. The van der Waals surface area contributed by atoms with Gasteiger partial charge >= 0.3 is 0 Å². The second-order valence-electron chi connectivity index (χ2n) is 5.72. The highest BCUT2D eigenvalue weighted by Crippen LogP contribution is 2.25. The summed E-state index contributed by atoms with van der Waals surface area (Å²) in [5.74, 6) is -0.108. The molecule has 0 unspecified atom stereocenters. The molecule has 0 fully saturated rings. The number of amides is 1. The molecule has 0 aliphatic carbocycles. The fraction of sp³-hybridized carbons (Fsp3) is 0.263. The topological polar surface area (TPSA) is 54.0 Å². The number of hydrogen-bond acceptors (Lipinski definition) is 4. The van der Waals surface area contributed by atoms with Crippen molar-refractivity contribution in [2.24, 2.45) is 0 Å². The van der Waals surface area contributed by atoms with Crippen LogP contribution in [0.25, 0.3) is 11.1 Å². The van der Waals surface area contributed by atoms with Crippen LogP contribution in [0.4, 0.5) is 5.69 Å². The van der Waals surface area contributed by atoms with E-state index in [-0.39, 0.29) is 5.91 Å². The third-order valence-electron chi connectivity index (χ3n) is 4.10. The van der Waals surface area contributed by atoms with E-state index in [0.717, 1.165) is 35.8 Å². The van der Waals surface area contributed by atoms with Gasteiger partial charge in [-0.2, -0.15) is 0 Å². The maximum absolute atomic E-state index is 12.4. The van der Waals surface area contributed by atoms with Crippen molar-refractivity contribution in [3.8, 4) is 0 Å². The van der Waals surface area contributed by atoms with E-state index in [1.165, 1.54) is 22.5 Å². The SMILES string of the molecule is C/C=C(\C)c1ccc(NC(=O)c2cnc(C3=CCNCC3)s2)cc1. The van der Waals surface area contributed by atoms with Crippen molar-refractivity contribution in [1.29, 1.82) is 0 Å². The molecule has 1 aliphatic heterocycles. The highest BCUT2D eigenvalue weighted by molar-refractivity contribution is 7.14. The molecule has 0 radical (unpaired) electrons. The van der Waals surface area contributed by atoms with Crippen LogP contribution in [0, 0.1) is 0 Å². The second-order valence-corrected chi connectivity index (χ2v) is 6.75. The van der Waals surface area contributed by atoms with Gasteiger partial charge in [-0.1, -0.05) is 24.3 Å². The molecular weight excluding hydrogens is 318 g/mol. The molecule has 2 N–H and O–H groups in total. The van der Waals surface area contributed by atoms with Gasteiger partial charge in [0.25, 0.3) is 5.91 Å². The molecule has 1 aromatic heterocycles.